The van der Waals surface area contributed by atoms with Crippen molar-refractivity contribution in [2.24, 2.45) is 0 Å². The Labute approximate surface area is 127 Å². The number of rotatable bonds is 4. The molecule has 4 heteroatoms. The zero-order valence-electron chi connectivity index (χ0n) is 13.2. The number of carbonyl (C=O) groups is 1. The van der Waals surface area contributed by atoms with Gasteiger partial charge >= 0.3 is 0 Å². The third-order valence-electron chi connectivity index (χ3n) is 4.29. The van der Waals surface area contributed by atoms with Crippen LogP contribution in [0.4, 0.5) is 0 Å². The molecular weight excluding hydrogens is 264 g/mol. The SMILES string of the molecule is CCCN1CCC(C)(O)C(NC(C)=O)C1c1ccccc1. The average molecular weight is 290 g/mol. The average Bonchev–Trinajstić information content (AvgIpc) is 2.44. The van der Waals surface area contributed by atoms with Crippen LogP contribution < -0.4 is 5.32 Å². The summed E-state index contributed by atoms with van der Waals surface area (Å²) < 4.78 is 0. The van der Waals surface area contributed by atoms with Crippen LogP contribution >= 0.6 is 0 Å². The van der Waals surface area contributed by atoms with Crippen molar-refractivity contribution in [2.45, 2.75) is 51.3 Å². The lowest BCUT2D eigenvalue weighted by atomic mass is 9.79. The Balaban J connectivity index is 2.39. The van der Waals surface area contributed by atoms with Crippen LogP contribution in [0, 0.1) is 0 Å². The fourth-order valence-electron chi connectivity index (χ4n) is 3.26. The molecule has 0 aromatic heterocycles. The number of nitrogens with one attached hydrogen (secondary N) is 1. The number of benzene rings is 1. The summed E-state index contributed by atoms with van der Waals surface area (Å²) in [5.74, 6) is -0.0976. The van der Waals surface area contributed by atoms with E-state index >= 15 is 0 Å². The molecule has 4 nitrogen and oxygen atoms in total. The molecule has 0 spiro atoms. The van der Waals surface area contributed by atoms with Gasteiger partial charge < -0.3 is 10.4 Å². The van der Waals surface area contributed by atoms with Gasteiger partial charge in [-0.25, -0.2) is 0 Å². The summed E-state index contributed by atoms with van der Waals surface area (Å²) in [6, 6.07) is 9.87. The Kier molecular flexibility index (Phi) is 5.01. The summed E-state index contributed by atoms with van der Waals surface area (Å²) in [6.45, 7) is 7.30. The molecular formula is C17H26N2O2. The molecule has 3 atom stereocenters. The maximum Gasteiger partial charge on any atom is 0.217 e. The Morgan fingerprint density at radius 2 is 2.10 bits per heavy atom. The van der Waals surface area contributed by atoms with Crippen molar-refractivity contribution in [1.29, 1.82) is 0 Å². The van der Waals surface area contributed by atoms with E-state index in [9.17, 15) is 9.90 Å². The fourth-order valence-corrected chi connectivity index (χ4v) is 3.26. The first-order valence-electron chi connectivity index (χ1n) is 7.74. The van der Waals surface area contributed by atoms with E-state index in [1.54, 1.807) is 0 Å². The summed E-state index contributed by atoms with van der Waals surface area (Å²) in [4.78, 5) is 14.0. The maximum atomic E-state index is 11.6. The number of hydrogen-bond donors (Lipinski definition) is 2. The van der Waals surface area contributed by atoms with E-state index in [2.05, 4.69) is 29.3 Å². The summed E-state index contributed by atoms with van der Waals surface area (Å²) in [6.07, 6.45) is 1.72. The summed E-state index contributed by atoms with van der Waals surface area (Å²) in [7, 11) is 0. The highest BCUT2D eigenvalue weighted by molar-refractivity contribution is 5.73. The lowest BCUT2D eigenvalue weighted by Gasteiger charge is -2.49. The second-order valence-electron chi connectivity index (χ2n) is 6.18. The molecule has 0 saturated carbocycles. The van der Waals surface area contributed by atoms with Gasteiger partial charge in [0.15, 0.2) is 0 Å². The lowest BCUT2D eigenvalue weighted by Crippen LogP contribution is -2.62. The normalized spacial score (nSPS) is 30.1. The van der Waals surface area contributed by atoms with Crippen molar-refractivity contribution < 1.29 is 9.90 Å². The summed E-state index contributed by atoms with van der Waals surface area (Å²) in [5.41, 5.74) is 0.251. The van der Waals surface area contributed by atoms with Crippen LogP contribution in [-0.4, -0.2) is 40.6 Å². The van der Waals surface area contributed by atoms with Crippen LogP contribution in [0.1, 0.15) is 45.2 Å². The molecule has 0 bridgehead atoms. The summed E-state index contributed by atoms with van der Waals surface area (Å²) in [5, 5.41) is 13.7. The molecule has 0 aliphatic carbocycles. The van der Waals surface area contributed by atoms with Gasteiger partial charge in [-0.05, 0) is 31.9 Å². The smallest absolute Gasteiger partial charge is 0.217 e. The second kappa shape index (κ2) is 6.58. The van der Waals surface area contributed by atoms with Gasteiger partial charge in [-0.2, -0.15) is 0 Å². The molecule has 116 valence electrons. The Bertz CT molecular complexity index is 473. The minimum absolute atomic E-state index is 0.0128. The van der Waals surface area contributed by atoms with Crippen LogP contribution in [0.25, 0.3) is 0 Å². The van der Waals surface area contributed by atoms with Crippen LogP contribution in [0.3, 0.4) is 0 Å². The van der Waals surface area contributed by atoms with E-state index in [1.165, 1.54) is 6.92 Å². The maximum absolute atomic E-state index is 11.6. The predicted molar refractivity (Wildman–Crippen MR) is 83.9 cm³/mol. The van der Waals surface area contributed by atoms with Gasteiger partial charge in [0, 0.05) is 13.5 Å². The van der Waals surface area contributed by atoms with E-state index in [0.717, 1.165) is 25.1 Å². The number of hydrogen-bond acceptors (Lipinski definition) is 3. The standard InChI is InChI=1S/C17H26N2O2/c1-4-11-19-12-10-17(3,21)16(18-13(2)20)15(19)14-8-6-5-7-9-14/h5-9,15-16,21H,4,10-12H2,1-3H3,(H,18,20). The Morgan fingerprint density at radius 1 is 1.43 bits per heavy atom. The molecule has 2 rings (SSSR count). The monoisotopic (exact) mass is 290 g/mol. The number of nitrogens with zero attached hydrogens (tertiary/aromatic N) is 1. The molecule has 0 radical (unpaired) electrons. The molecule has 21 heavy (non-hydrogen) atoms. The molecule has 1 aromatic carbocycles. The van der Waals surface area contributed by atoms with Gasteiger partial charge in [-0.3, -0.25) is 9.69 Å². The number of amides is 1. The molecule has 1 aromatic rings. The molecule has 1 saturated heterocycles. The van der Waals surface area contributed by atoms with E-state index < -0.39 is 5.60 Å². The highest BCUT2D eigenvalue weighted by atomic mass is 16.3. The Hall–Kier alpha value is -1.39. The van der Waals surface area contributed by atoms with E-state index in [-0.39, 0.29) is 18.0 Å². The molecule has 2 N–H and O–H groups in total. The van der Waals surface area contributed by atoms with Gasteiger partial charge in [0.05, 0.1) is 17.7 Å². The van der Waals surface area contributed by atoms with Gasteiger partial charge in [0.25, 0.3) is 0 Å². The first-order valence-corrected chi connectivity index (χ1v) is 7.74. The predicted octanol–water partition coefficient (Wildman–Crippen LogP) is 2.10. The number of likely N-dealkylation sites (tertiary alicyclic amines) is 1. The van der Waals surface area contributed by atoms with Gasteiger partial charge in [-0.15, -0.1) is 0 Å². The zero-order chi connectivity index (χ0) is 15.5. The molecule has 1 fully saturated rings. The van der Waals surface area contributed by atoms with Gasteiger partial charge in [0.2, 0.25) is 5.91 Å². The largest absolute Gasteiger partial charge is 0.388 e. The zero-order valence-corrected chi connectivity index (χ0v) is 13.2. The third kappa shape index (κ3) is 3.63. The third-order valence-corrected chi connectivity index (χ3v) is 4.29. The molecule has 1 aliphatic heterocycles. The fraction of sp³-hybridized carbons (Fsp3) is 0.588. The van der Waals surface area contributed by atoms with Crippen LogP contribution in [-0.2, 0) is 4.79 Å². The van der Waals surface area contributed by atoms with E-state index in [1.807, 2.05) is 25.1 Å². The minimum Gasteiger partial charge on any atom is -0.388 e. The topological polar surface area (TPSA) is 52.6 Å². The molecule has 1 aliphatic rings. The van der Waals surface area contributed by atoms with Crippen molar-refractivity contribution in [3.63, 3.8) is 0 Å². The first kappa shape index (κ1) is 16.0. The van der Waals surface area contributed by atoms with Gasteiger partial charge in [-0.1, -0.05) is 37.3 Å². The van der Waals surface area contributed by atoms with Crippen LogP contribution in [0.5, 0.6) is 0 Å². The molecule has 1 heterocycles. The summed E-state index contributed by atoms with van der Waals surface area (Å²) >= 11 is 0. The van der Waals surface area contributed by atoms with Crippen molar-refractivity contribution in [3.05, 3.63) is 35.9 Å². The van der Waals surface area contributed by atoms with Crippen molar-refractivity contribution >= 4 is 5.91 Å². The minimum atomic E-state index is -0.892. The van der Waals surface area contributed by atoms with Crippen molar-refractivity contribution in [3.8, 4) is 0 Å². The Morgan fingerprint density at radius 3 is 2.67 bits per heavy atom. The van der Waals surface area contributed by atoms with Crippen molar-refractivity contribution in [1.82, 2.24) is 10.2 Å². The van der Waals surface area contributed by atoms with Crippen LogP contribution in [0.15, 0.2) is 30.3 Å². The molecule has 3 unspecified atom stereocenters. The van der Waals surface area contributed by atoms with E-state index in [4.69, 9.17) is 0 Å². The second-order valence-corrected chi connectivity index (χ2v) is 6.18. The highest BCUT2D eigenvalue weighted by Crippen LogP contribution is 2.36. The molecule has 1 amide bonds. The van der Waals surface area contributed by atoms with E-state index in [0.29, 0.717) is 6.42 Å². The number of piperidine rings is 1. The number of carbonyl (C=O) groups excluding carboxylic acids is 1. The first-order chi connectivity index (χ1) is 9.95. The van der Waals surface area contributed by atoms with Crippen LogP contribution in [0.2, 0.25) is 0 Å². The number of aliphatic hydroxyl groups is 1. The lowest BCUT2D eigenvalue weighted by molar-refractivity contribution is -0.126. The van der Waals surface area contributed by atoms with Crippen molar-refractivity contribution in [2.75, 3.05) is 13.1 Å². The van der Waals surface area contributed by atoms with Gasteiger partial charge in [0.1, 0.15) is 0 Å². The quantitative estimate of drug-likeness (QED) is 0.893. The highest BCUT2D eigenvalue weighted by Gasteiger charge is 2.45.